The van der Waals surface area contributed by atoms with E-state index in [1.54, 1.807) is 18.2 Å². The summed E-state index contributed by atoms with van der Waals surface area (Å²) >= 11 is 0. The molecule has 2 saturated carbocycles. The third kappa shape index (κ3) is 3.37. The SMILES string of the molecule is CN(C)[C@H]1C(=O)C(C(N)=O)C(=O)[C@]2(O)C(=O)C3C(=O)c4c(O)ccc(-c5ccc(/C=N/O)o5)c4C[C@@H]3C[C@H]12. The lowest BCUT2D eigenvalue weighted by atomic mass is 9.52. The number of likely N-dealkylation sites (N-methyl/N-ethyl adjacent to an activating group) is 1. The maximum Gasteiger partial charge on any atom is 0.235 e. The van der Waals surface area contributed by atoms with E-state index in [0.717, 1.165) is 6.21 Å². The summed E-state index contributed by atoms with van der Waals surface area (Å²) in [4.78, 5) is 67.5. The van der Waals surface area contributed by atoms with Gasteiger partial charge in [-0.2, -0.15) is 0 Å². The van der Waals surface area contributed by atoms with Crippen molar-refractivity contribution in [1.82, 2.24) is 4.90 Å². The molecule has 2 aromatic rings. The van der Waals surface area contributed by atoms with E-state index in [2.05, 4.69) is 5.16 Å². The smallest absolute Gasteiger partial charge is 0.235 e. The van der Waals surface area contributed by atoms with Crippen molar-refractivity contribution in [2.24, 2.45) is 34.6 Å². The number of hydrogen-bond donors (Lipinski definition) is 4. The first-order valence-electron chi connectivity index (χ1n) is 11.9. The van der Waals surface area contributed by atoms with Crippen molar-refractivity contribution in [3.8, 4) is 17.1 Å². The highest BCUT2D eigenvalue weighted by atomic mass is 16.4. The molecule has 1 aromatic heterocycles. The van der Waals surface area contributed by atoms with E-state index in [4.69, 9.17) is 15.4 Å². The molecule has 1 amide bonds. The van der Waals surface area contributed by atoms with Gasteiger partial charge in [0.15, 0.2) is 34.7 Å². The Kier molecular flexibility index (Phi) is 5.84. The van der Waals surface area contributed by atoms with E-state index < -0.39 is 64.4 Å². The van der Waals surface area contributed by atoms with Gasteiger partial charge in [0.1, 0.15) is 23.5 Å². The molecule has 0 spiro atoms. The first-order chi connectivity index (χ1) is 17.9. The second kappa shape index (κ2) is 8.71. The standard InChI is InChI=1S/C26H25N3O9/c1-29(2)20-14-8-10-7-13-12(16-6-3-11(38-16)9-28-37)4-5-15(30)18(13)21(31)17(10)23(33)26(14,36)24(34)19(22(20)32)25(27)35/h3-6,9-10,14,17,19-20,30,36-37H,7-8H2,1-2H3,(H2,27,35)/b28-9+/t10-,14-,17?,19?,20-,26-/m1/s1. The molecule has 12 heteroatoms. The zero-order chi connectivity index (χ0) is 27.7. The van der Waals surface area contributed by atoms with Gasteiger partial charge in [0.05, 0.1) is 17.5 Å². The summed E-state index contributed by atoms with van der Waals surface area (Å²) < 4.78 is 5.67. The highest BCUT2D eigenvalue weighted by molar-refractivity contribution is 6.32. The number of primary amides is 1. The number of carbonyl (C=O) groups is 5. The van der Waals surface area contributed by atoms with Crippen LogP contribution in [0.25, 0.3) is 11.3 Å². The number of rotatable bonds is 4. The van der Waals surface area contributed by atoms with Crippen molar-refractivity contribution in [1.29, 1.82) is 0 Å². The number of nitrogens with two attached hydrogens (primary N) is 1. The lowest BCUT2D eigenvalue weighted by molar-refractivity contribution is -0.181. The predicted molar refractivity (Wildman–Crippen MR) is 128 cm³/mol. The lowest BCUT2D eigenvalue weighted by Crippen LogP contribution is -2.74. The predicted octanol–water partition coefficient (Wildman–Crippen LogP) is -0.0649. The Bertz CT molecular complexity index is 1440. The van der Waals surface area contributed by atoms with Crippen molar-refractivity contribution < 1.29 is 43.8 Å². The zero-order valence-electron chi connectivity index (χ0n) is 20.5. The van der Waals surface area contributed by atoms with E-state index in [9.17, 15) is 34.2 Å². The van der Waals surface area contributed by atoms with Gasteiger partial charge < -0.3 is 25.6 Å². The van der Waals surface area contributed by atoms with Gasteiger partial charge in [-0.3, -0.25) is 28.9 Å². The Balaban J connectivity index is 1.64. The molecule has 3 aliphatic rings. The molecule has 1 heterocycles. The molecule has 3 aliphatic carbocycles. The molecular weight excluding hydrogens is 498 g/mol. The molecular formula is C26H25N3O9. The van der Waals surface area contributed by atoms with E-state index in [0.29, 0.717) is 16.9 Å². The quantitative estimate of drug-likeness (QED) is 0.182. The molecule has 198 valence electrons. The number of amides is 1. The van der Waals surface area contributed by atoms with Crippen LogP contribution < -0.4 is 5.73 Å². The summed E-state index contributed by atoms with van der Waals surface area (Å²) in [6.45, 7) is 0. The number of phenols is 1. The molecule has 2 fully saturated rings. The van der Waals surface area contributed by atoms with E-state index in [-0.39, 0.29) is 29.9 Å². The third-order valence-corrected chi connectivity index (χ3v) is 8.02. The van der Waals surface area contributed by atoms with Crippen LogP contribution in [-0.4, -0.2) is 81.3 Å². The Labute approximate surface area is 215 Å². The zero-order valence-corrected chi connectivity index (χ0v) is 20.5. The van der Waals surface area contributed by atoms with Crippen LogP contribution in [0.5, 0.6) is 5.75 Å². The average Bonchev–Trinajstić information content (AvgIpc) is 3.29. The molecule has 0 radical (unpaired) electrons. The minimum absolute atomic E-state index is 0.0560. The normalized spacial score (nSPS) is 30.9. The van der Waals surface area contributed by atoms with Gasteiger partial charge in [0.2, 0.25) is 5.91 Å². The van der Waals surface area contributed by atoms with Gasteiger partial charge in [0.25, 0.3) is 0 Å². The number of hydrogen-bond acceptors (Lipinski definition) is 11. The van der Waals surface area contributed by atoms with Crippen LogP contribution >= 0.6 is 0 Å². The molecule has 5 rings (SSSR count). The van der Waals surface area contributed by atoms with Crippen LogP contribution in [0.2, 0.25) is 0 Å². The highest BCUT2D eigenvalue weighted by Crippen LogP contribution is 2.51. The Hall–Kier alpha value is -4.16. The van der Waals surface area contributed by atoms with Crippen LogP contribution in [0.4, 0.5) is 0 Å². The second-order valence-electron chi connectivity index (χ2n) is 10.2. The molecule has 0 bridgehead atoms. The Morgan fingerprint density at radius 2 is 1.87 bits per heavy atom. The van der Waals surface area contributed by atoms with Crippen molar-refractivity contribution in [3.05, 3.63) is 41.2 Å². The number of Topliss-reactive ketones (excluding diaryl/α,β-unsaturated/α-hetero) is 4. The van der Waals surface area contributed by atoms with Gasteiger partial charge in [-0.25, -0.2) is 0 Å². The van der Waals surface area contributed by atoms with Gasteiger partial charge >= 0.3 is 0 Å². The fourth-order valence-corrected chi connectivity index (χ4v) is 6.46. The van der Waals surface area contributed by atoms with E-state index >= 15 is 0 Å². The van der Waals surface area contributed by atoms with Gasteiger partial charge in [-0.1, -0.05) is 5.16 Å². The molecule has 0 aliphatic heterocycles. The molecule has 6 atom stereocenters. The van der Waals surface area contributed by atoms with Crippen molar-refractivity contribution in [3.63, 3.8) is 0 Å². The third-order valence-electron chi connectivity index (χ3n) is 8.02. The molecule has 38 heavy (non-hydrogen) atoms. The number of phenolic OH excluding ortho intramolecular Hbond substituents is 1. The summed E-state index contributed by atoms with van der Waals surface area (Å²) in [5.41, 5.74) is 3.27. The Morgan fingerprint density at radius 1 is 1.16 bits per heavy atom. The van der Waals surface area contributed by atoms with Crippen LogP contribution in [-0.2, 0) is 25.6 Å². The largest absolute Gasteiger partial charge is 0.507 e. The summed E-state index contributed by atoms with van der Waals surface area (Å²) in [5.74, 6) is -10.5. The highest BCUT2D eigenvalue weighted by Gasteiger charge is 2.69. The number of fused-ring (bicyclic) bond motifs is 3. The van der Waals surface area contributed by atoms with Crippen LogP contribution in [0.15, 0.2) is 33.8 Å². The van der Waals surface area contributed by atoms with Gasteiger partial charge in [0, 0.05) is 11.5 Å². The number of oxime groups is 1. The van der Waals surface area contributed by atoms with Crippen LogP contribution in [0.3, 0.4) is 0 Å². The fourth-order valence-electron chi connectivity index (χ4n) is 6.46. The first kappa shape index (κ1) is 25.5. The summed E-state index contributed by atoms with van der Waals surface area (Å²) in [6.07, 6.45) is 1.12. The minimum Gasteiger partial charge on any atom is -0.507 e. The number of aromatic hydroxyl groups is 1. The number of furan rings is 1. The number of nitrogens with zero attached hydrogens (tertiary/aromatic N) is 2. The maximum atomic E-state index is 13.8. The van der Waals surface area contributed by atoms with E-state index in [1.807, 2.05) is 0 Å². The van der Waals surface area contributed by atoms with Crippen LogP contribution in [0, 0.1) is 23.7 Å². The van der Waals surface area contributed by atoms with Gasteiger partial charge in [-0.15, -0.1) is 0 Å². The molecule has 1 aromatic carbocycles. The van der Waals surface area contributed by atoms with Gasteiger partial charge in [-0.05, 0) is 62.7 Å². The molecule has 0 saturated heterocycles. The number of ketones is 4. The number of carbonyl (C=O) groups excluding carboxylic acids is 5. The Morgan fingerprint density at radius 3 is 2.50 bits per heavy atom. The summed E-state index contributed by atoms with van der Waals surface area (Å²) in [6, 6.07) is 4.78. The molecule has 5 N–H and O–H groups in total. The second-order valence-corrected chi connectivity index (χ2v) is 10.2. The average molecular weight is 523 g/mol. The van der Waals surface area contributed by atoms with Crippen molar-refractivity contribution in [2.45, 2.75) is 24.5 Å². The number of aliphatic hydroxyl groups is 1. The fraction of sp³-hybridized carbons (Fsp3) is 0.385. The maximum absolute atomic E-state index is 13.8. The summed E-state index contributed by atoms with van der Waals surface area (Å²) in [5, 5.41) is 33.9. The van der Waals surface area contributed by atoms with Crippen LogP contribution in [0.1, 0.15) is 28.1 Å². The molecule has 12 nitrogen and oxygen atoms in total. The topological polar surface area (TPSA) is 201 Å². The number of benzene rings is 1. The summed E-state index contributed by atoms with van der Waals surface area (Å²) in [7, 11) is 3.05. The lowest BCUT2D eigenvalue weighted by Gasteiger charge is -2.52. The first-order valence-corrected chi connectivity index (χ1v) is 11.9. The minimum atomic E-state index is -2.77. The van der Waals surface area contributed by atoms with Crippen molar-refractivity contribution >= 4 is 35.3 Å². The van der Waals surface area contributed by atoms with E-state index in [1.165, 1.54) is 25.1 Å². The molecule has 2 unspecified atom stereocenters. The monoisotopic (exact) mass is 523 g/mol. The van der Waals surface area contributed by atoms with Crippen molar-refractivity contribution in [2.75, 3.05) is 14.1 Å².